The van der Waals surface area contributed by atoms with Gasteiger partial charge in [0.2, 0.25) is 0 Å². The molecule has 1 aromatic rings. The molecule has 0 aliphatic rings. The van der Waals surface area contributed by atoms with Gasteiger partial charge in [0.25, 0.3) is 0 Å². The molecular formula is C29H55N3O7P-. The Hall–Kier alpha value is -1.29. The summed E-state index contributed by atoms with van der Waals surface area (Å²) >= 11 is 0. The van der Waals surface area contributed by atoms with Gasteiger partial charge in [0, 0.05) is 19.9 Å². The second kappa shape index (κ2) is 24.3. The number of nitrogens with zero attached hydrogens (tertiary/aromatic N) is 2. The molecule has 0 aromatic carbocycles. The summed E-state index contributed by atoms with van der Waals surface area (Å²) in [5.41, 5.74) is 4.94. The molecule has 0 radical (unpaired) electrons. The van der Waals surface area contributed by atoms with Crippen LogP contribution in [-0.2, 0) is 29.8 Å². The molecule has 0 saturated carbocycles. The van der Waals surface area contributed by atoms with E-state index >= 15 is 0 Å². The van der Waals surface area contributed by atoms with Crippen LogP contribution < -0.4 is 16.3 Å². The van der Waals surface area contributed by atoms with Crippen molar-refractivity contribution in [1.82, 2.24) is 9.55 Å². The predicted octanol–water partition coefficient (Wildman–Crippen LogP) is 5.66. The molecule has 2 N–H and O–H groups in total. The summed E-state index contributed by atoms with van der Waals surface area (Å²) in [4.78, 5) is 27.7. The van der Waals surface area contributed by atoms with E-state index in [1.807, 2.05) is 0 Å². The first-order valence-electron chi connectivity index (χ1n) is 15.3. The van der Waals surface area contributed by atoms with E-state index < -0.39 is 25.7 Å². The Labute approximate surface area is 241 Å². The van der Waals surface area contributed by atoms with Gasteiger partial charge in [-0.1, -0.05) is 103 Å². The minimum absolute atomic E-state index is 0.0563. The highest BCUT2D eigenvalue weighted by Crippen LogP contribution is 2.36. The second-order valence-electron chi connectivity index (χ2n) is 10.5. The topological polar surface area (TPSA) is 138 Å². The number of anilines is 1. The van der Waals surface area contributed by atoms with Crippen molar-refractivity contribution in [3.8, 4) is 0 Å². The van der Waals surface area contributed by atoms with Crippen molar-refractivity contribution in [2.24, 2.45) is 0 Å². The van der Waals surface area contributed by atoms with E-state index in [2.05, 4.69) is 11.9 Å². The number of rotatable bonds is 28. The van der Waals surface area contributed by atoms with Gasteiger partial charge in [-0.3, -0.25) is 4.57 Å². The van der Waals surface area contributed by atoms with Gasteiger partial charge in [0.15, 0.2) is 7.60 Å². The molecule has 0 aliphatic heterocycles. The molecule has 10 nitrogen and oxygen atoms in total. The molecule has 234 valence electrons. The van der Waals surface area contributed by atoms with Gasteiger partial charge in [-0.2, -0.15) is 4.98 Å². The third kappa shape index (κ3) is 20.6. The molecule has 40 heavy (non-hydrogen) atoms. The summed E-state index contributed by atoms with van der Waals surface area (Å²) in [7, 11) is -2.76. The normalized spacial score (nSPS) is 13.9. The van der Waals surface area contributed by atoms with E-state index in [0.29, 0.717) is 6.61 Å². The van der Waals surface area contributed by atoms with Gasteiger partial charge in [-0.05, 0) is 12.5 Å². The number of hydrogen-bond donors (Lipinski definition) is 1. The van der Waals surface area contributed by atoms with Crippen LogP contribution in [0.3, 0.4) is 0 Å². The van der Waals surface area contributed by atoms with Crippen molar-refractivity contribution < 1.29 is 28.2 Å². The maximum atomic E-state index is 12.2. The average Bonchev–Trinajstić information content (AvgIpc) is 2.92. The molecule has 0 aliphatic carbocycles. The number of nitrogen functional groups attached to an aromatic ring is 1. The minimum atomic E-state index is -4.22. The van der Waals surface area contributed by atoms with Crippen LogP contribution in [0.4, 0.5) is 5.82 Å². The molecule has 0 fully saturated rings. The lowest BCUT2D eigenvalue weighted by Gasteiger charge is -2.26. The standard InChI is InChI=1S/C29H56N3O7P/c1-3-4-5-6-7-8-9-10-11-12-13-14-15-16-17-18-21-37-22-23-39-40(34,35)26-38-27(25-36-2)24-32-20-19-28(30)31-29(32)33/h19-20,27H,3-18,21-26H2,1-2H3,(H,34,35)(H2,30,31,33)/p-1/t27-/m0/s1. The van der Waals surface area contributed by atoms with Crippen LogP contribution in [0, 0.1) is 0 Å². The lowest BCUT2D eigenvalue weighted by atomic mass is 10.0. The summed E-state index contributed by atoms with van der Waals surface area (Å²) in [6.45, 7) is 3.18. The molecule has 1 rings (SSSR count). The van der Waals surface area contributed by atoms with Crippen LogP contribution in [0.25, 0.3) is 0 Å². The summed E-state index contributed by atoms with van der Waals surface area (Å²) in [6, 6.07) is 1.48. The molecule has 11 heteroatoms. The average molecular weight is 589 g/mol. The van der Waals surface area contributed by atoms with Gasteiger partial charge >= 0.3 is 5.69 Å². The van der Waals surface area contributed by atoms with Gasteiger partial charge in [0.05, 0.1) is 32.5 Å². The van der Waals surface area contributed by atoms with Crippen LogP contribution in [0.1, 0.15) is 110 Å². The lowest BCUT2D eigenvalue weighted by Crippen LogP contribution is -2.33. The first kappa shape index (κ1) is 36.7. The molecule has 1 unspecified atom stereocenters. The number of nitrogens with two attached hydrogens (primary N) is 1. The van der Waals surface area contributed by atoms with Gasteiger partial charge in [0.1, 0.15) is 12.2 Å². The fourth-order valence-electron chi connectivity index (χ4n) is 4.46. The number of hydrogen-bond acceptors (Lipinski definition) is 9. The third-order valence-corrected chi connectivity index (χ3v) is 7.82. The SMILES string of the molecule is CCCCCCCCCCCCCCCCCCOCCOP(=O)([O-])CO[C@H](COC)Cn1ccc(N)nc1=O. The van der Waals surface area contributed by atoms with E-state index in [1.54, 1.807) is 0 Å². The summed E-state index contributed by atoms with van der Waals surface area (Å²) in [6.07, 6.45) is 21.3. The Morgan fingerprint density at radius 1 is 0.900 bits per heavy atom. The number of ether oxygens (including phenoxy) is 3. The summed E-state index contributed by atoms with van der Waals surface area (Å²) in [5.74, 6) is 0.111. The highest BCUT2D eigenvalue weighted by molar-refractivity contribution is 7.51. The molecule has 2 atom stereocenters. The molecular weight excluding hydrogens is 533 g/mol. The van der Waals surface area contributed by atoms with Crippen LogP contribution in [0.2, 0.25) is 0 Å². The van der Waals surface area contributed by atoms with Crippen molar-refractivity contribution in [2.45, 2.75) is 122 Å². The van der Waals surface area contributed by atoms with Crippen molar-refractivity contribution in [3.63, 3.8) is 0 Å². The molecule has 1 heterocycles. The Bertz CT molecular complexity index is 840. The fraction of sp³-hybridized carbons (Fsp3) is 0.862. The Balaban J connectivity index is 1.97. The second-order valence-corrected chi connectivity index (χ2v) is 12.3. The Morgan fingerprint density at radius 3 is 1.98 bits per heavy atom. The maximum Gasteiger partial charge on any atom is 0.349 e. The predicted molar refractivity (Wildman–Crippen MR) is 158 cm³/mol. The zero-order valence-electron chi connectivity index (χ0n) is 25.1. The first-order valence-corrected chi connectivity index (χ1v) is 17.1. The van der Waals surface area contributed by atoms with Gasteiger partial charge < -0.3 is 33.9 Å². The monoisotopic (exact) mass is 588 g/mol. The highest BCUT2D eigenvalue weighted by Gasteiger charge is 2.16. The quantitative estimate of drug-likeness (QED) is 0.0970. The van der Waals surface area contributed by atoms with E-state index in [4.69, 9.17) is 24.5 Å². The zero-order chi connectivity index (χ0) is 29.3. The highest BCUT2D eigenvalue weighted by atomic mass is 31.2. The van der Waals surface area contributed by atoms with E-state index in [1.165, 1.54) is 114 Å². The lowest BCUT2D eigenvalue weighted by molar-refractivity contribution is -0.206. The van der Waals surface area contributed by atoms with Crippen LogP contribution in [0.5, 0.6) is 0 Å². The number of aromatic nitrogens is 2. The Kier molecular flexibility index (Phi) is 22.3. The van der Waals surface area contributed by atoms with Crippen LogP contribution >= 0.6 is 7.60 Å². The summed E-state index contributed by atoms with van der Waals surface area (Å²) in [5, 5.41) is 0. The maximum absolute atomic E-state index is 12.2. The summed E-state index contributed by atoms with van der Waals surface area (Å²) < 4.78 is 34.5. The molecule has 1 aromatic heterocycles. The molecule has 0 amide bonds. The zero-order valence-corrected chi connectivity index (χ0v) is 26.0. The third-order valence-electron chi connectivity index (χ3n) is 6.77. The van der Waals surface area contributed by atoms with Crippen LogP contribution in [-0.4, -0.2) is 55.5 Å². The van der Waals surface area contributed by atoms with Crippen LogP contribution in [0.15, 0.2) is 17.1 Å². The van der Waals surface area contributed by atoms with Crippen molar-refractivity contribution in [3.05, 3.63) is 22.7 Å². The first-order chi connectivity index (χ1) is 19.4. The molecule has 0 saturated heterocycles. The van der Waals surface area contributed by atoms with E-state index in [-0.39, 0.29) is 32.2 Å². The fourth-order valence-corrected chi connectivity index (χ4v) is 5.28. The van der Waals surface area contributed by atoms with Gasteiger partial charge in [-0.25, -0.2) is 4.79 Å². The van der Waals surface area contributed by atoms with Crippen molar-refractivity contribution in [1.29, 1.82) is 0 Å². The minimum Gasteiger partial charge on any atom is -0.777 e. The van der Waals surface area contributed by atoms with Gasteiger partial charge in [-0.15, -0.1) is 0 Å². The largest absolute Gasteiger partial charge is 0.777 e. The van der Waals surface area contributed by atoms with E-state index in [9.17, 15) is 14.3 Å². The number of methoxy groups -OCH3 is 1. The van der Waals surface area contributed by atoms with Crippen molar-refractivity contribution >= 4 is 13.4 Å². The molecule has 0 spiro atoms. The number of unbranched alkanes of at least 4 members (excludes halogenated alkanes) is 15. The molecule has 0 bridgehead atoms. The van der Waals surface area contributed by atoms with E-state index in [0.717, 1.165) is 12.8 Å². The smallest absolute Gasteiger partial charge is 0.349 e. The van der Waals surface area contributed by atoms with Crippen molar-refractivity contribution in [2.75, 3.05) is 45.6 Å². The Morgan fingerprint density at radius 2 is 1.45 bits per heavy atom.